The maximum atomic E-state index is 14.5. The summed E-state index contributed by atoms with van der Waals surface area (Å²) in [7, 11) is 4.58. The summed E-state index contributed by atoms with van der Waals surface area (Å²) in [5.74, 6) is -7.96. The van der Waals surface area contributed by atoms with E-state index in [1.807, 2.05) is 58.1 Å². The molecular formula is C53H83NO14. The van der Waals surface area contributed by atoms with E-state index in [-0.39, 0.29) is 74.1 Å². The quantitative estimate of drug-likeness (QED) is 0.134. The number of carbonyl (C=O) groups excluding carboxylic acids is 5. The van der Waals surface area contributed by atoms with Gasteiger partial charge in [0, 0.05) is 58.5 Å². The Kier molecular flexibility index (Phi) is 22.9. The number of piperidine rings is 1. The molecule has 3 aliphatic heterocycles. The molecule has 3 N–H and O–H groups in total. The first kappa shape index (κ1) is 57.2. The number of carbonyl (C=O) groups is 5. The first-order valence-corrected chi connectivity index (χ1v) is 25.0. The van der Waals surface area contributed by atoms with Gasteiger partial charge in [0.15, 0.2) is 5.78 Å². The molecule has 4 rings (SSSR count). The van der Waals surface area contributed by atoms with E-state index in [9.17, 15) is 39.3 Å². The molecule has 68 heavy (non-hydrogen) atoms. The fourth-order valence-electron chi connectivity index (χ4n) is 10.5. The number of hydrogen-bond donors (Lipinski definition) is 3. The van der Waals surface area contributed by atoms with Crippen LogP contribution >= 0.6 is 0 Å². The molecule has 0 radical (unpaired) electrons. The predicted molar refractivity (Wildman–Crippen MR) is 256 cm³/mol. The number of aliphatic hydroxyl groups excluding tert-OH is 2. The standard InChI is InChI=1S/C53H83NO14/c1-32-16-12-11-13-17-33(2)44(63-8)30-40-21-19-38(7)53(62,68-40)50(59)51(60)54-23-15-14-18-41(54)52(61)67-45(35(4)28-39-20-22-43(66-25-24-55)46(29-39)64-9)31-42(56)34(3)27-37(6)48(58)49(65-10)47(57)36(5)26-32/h11-13,16-17,27,32,34-36,38-41,43-46,48-49,55,58,62H,14-15,18-26,28-31H2,1-10H3/b13-11-,16-12+,33-17+,37-27-/t32-,34+,35+,36+,38+,39-,40?,41-,43+,44-,45-,46+,48+,49-,53+/m0/s1. The van der Waals surface area contributed by atoms with Crippen molar-refractivity contribution in [3.8, 4) is 0 Å². The second kappa shape index (κ2) is 27.3. The summed E-state index contributed by atoms with van der Waals surface area (Å²) >= 11 is 0. The van der Waals surface area contributed by atoms with E-state index in [4.69, 9.17) is 28.4 Å². The largest absolute Gasteiger partial charge is 0.460 e. The molecule has 1 saturated carbocycles. The lowest BCUT2D eigenvalue weighted by Crippen LogP contribution is -2.61. The molecule has 1 amide bonds. The third kappa shape index (κ3) is 15.3. The third-order valence-corrected chi connectivity index (χ3v) is 14.9. The Hall–Kier alpha value is -3.41. The minimum absolute atomic E-state index is 0.0158. The second-order valence-corrected chi connectivity index (χ2v) is 20.2. The normalized spacial score (nSPS) is 39.2. The van der Waals surface area contributed by atoms with Gasteiger partial charge in [0.1, 0.15) is 30.1 Å². The SMILES string of the molecule is CO[C@H]1CC2CC[C@@H](C)[C@@](O)(O2)C(=O)C(=O)N2CCCC[C@H]2C(=O)O[C@H]([C@H](C)C[C@@H]2CC[C@@H](OCCO)[C@H](OC)C2)CC(=O)[C@H](C)/C=C(/C)[C@@H](O)[C@@H](OC)C(=O)[C@H](C)C[C@@H](C)/C=C/C=C\C=C\1C. The van der Waals surface area contributed by atoms with Crippen molar-refractivity contribution < 1.29 is 67.7 Å². The molecule has 2 bridgehead atoms. The van der Waals surface area contributed by atoms with Gasteiger partial charge in [-0.3, -0.25) is 19.2 Å². The lowest BCUT2D eigenvalue weighted by molar-refractivity contribution is -0.265. The molecule has 2 saturated heterocycles. The van der Waals surface area contributed by atoms with Gasteiger partial charge in [0.2, 0.25) is 5.79 Å². The van der Waals surface area contributed by atoms with Crippen LogP contribution in [0.25, 0.3) is 0 Å². The van der Waals surface area contributed by atoms with Crippen molar-refractivity contribution in [2.75, 3.05) is 41.1 Å². The molecule has 4 aliphatic rings. The molecule has 15 atom stereocenters. The van der Waals surface area contributed by atoms with Gasteiger partial charge in [-0.15, -0.1) is 0 Å². The number of aliphatic hydroxyl groups is 3. The molecule has 0 spiro atoms. The monoisotopic (exact) mass is 958 g/mol. The zero-order valence-corrected chi connectivity index (χ0v) is 42.4. The first-order chi connectivity index (χ1) is 32.3. The van der Waals surface area contributed by atoms with E-state index >= 15 is 0 Å². The third-order valence-electron chi connectivity index (χ3n) is 14.9. The fourth-order valence-corrected chi connectivity index (χ4v) is 10.5. The van der Waals surface area contributed by atoms with Gasteiger partial charge in [0.05, 0.1) is 37.6 Å². The number of ether oxygens (including phenoxy) is 6. The van der Waals surface area contributed by atoms with Crippen LogP contribution in [0.3, 0.4) is 0 Å². The van der Waals surface area contributed by atoms with Crippen LogP contribution in [0.15, 0.2) is 47.6 Å². The van der Waals surface area contributed by atoms with Crippen LogP contribution in [0.2, 0.25) is 0 Å². The summed E-state index contributed by atoms with van der Waals surface area (Å²) in [4.78, 5) is 72.1. The van der Waals surface area contributed by atoms with E-state index in [0.29, 0.717) is 63.4 Å². The van der Waals surface area contributed by atoms with Gasteiger partial charge in [-0.25, -0.2) is 4.79 Å². The number of esters is 1. The van der Waals surface area contributed by atoms with Crippen molar-refractivity contribution in [2.45, 2.75) is 180 Å². The van der Waals surface area contributed by atoms with Crippen molar-refractivity contribution >= 4 is 29.2 Å². The smallest absolute Gasteiger partial charge is 0.329 e. The molecule has 15 nitrogen and oxygen atoms in total. The van der Waals surface area contributed by atoms with E-state index < -0.39 is 77.8 Å². The Morgan fingerprint density at radius 1 is 0.853 bits per heavy atom. The zero-order chi connectivity index (χ0) is 50.3. The second-order valence-electron chi connectivity index (χ2n) is 20.2. The van der Waals surface area contributed by atoms with E-state index in [0.717, 1.165) is 12.0 Å². The molecule has 3 fully saturated rings. The molecule has 384 valence electrons. The Bertz CT molecular complexity index is 1810. The number of hydrogen-bond acceptors (Lipinski definition) is 14. The van der Waals surface area contributed by atoms with Gasteiger partial charge in [-0.2, -0.15) is 0 Å². The highest BCUT2D eigenvalue weighted by molar-refractivity contribution is 6.39. The number of ketones is 3. The number of rotatable bonds is 9. The number of allylic oxidation sites excluding steroid dienone is 6. The molecular weight excluding hydrogens is 875 g/mol. The fraction of sp³-hybridized carbons (Fsp3) is 0.755. The van der Waals surface area contributed by atoms with Crippen molar-refractivity contribution in [1.29, 1.82) is 0 Å². The van der Waals surface area contributed by atoms with Crippen LogP contribution in [0.5, 0.6) is 0 Å². The minimum Gasteiger partial charge on any atom is -0.460 e. The van der Waals surface area contributed by atoms with Crippen molar-refractivity contribution in [1.82, 2.24) is 4.90 Å². The number of methoxy groups -OCH3 is 3. The average molecular weight is 958 g/mol. The molecule has 0 aromatic heterocycles. The summed E-state index contributed by atoms with van der Waals surface area (Å²) in [5, 5.41) is 32.8. The van der Waals surface area contributed by atoms with Gasteiger partial charge in [0.25, 0.3) is 11.7 Å². The number of nitrogens with zero attached hydrogens (tertiary/aromatic N) is 1. The van der Waals surface area contributed by atoms with Gasteiger partial charge in [-0.1, -0.05) is 71.1 Å². The molecule has 0 aromatic carbocycles. The number of cyclic esters (lactones) is 1. The highest BCUT2D eigenvalue weighted by Crippen LogP contribution is 2.38. The summed E-state index contributed by atoms with van der Waals surface area (Å²) in [6, 6.07) is -1.14. The van der Waals surface area contributed by atoms with Crippen molar-refractivity contribution in [2.24, 2.45) is 35.5 Å². The minimum atomic E-state index is -2.43. The van der Waals surface area contributed by atoms with Gasteiger partial charge < -0.3 is 48.6 Å². The number of Topliss-reactive ketones (excluding diaryl/α,β-unsaturated/α-hetero) is 3. The summed E-state index contributed by atoms with van der Waals surface area (Å²) in [6.07, 6.45) is 12.0. The molecule has 0 aromatic rings. The van der Waals surface area contributed by atoms with Crippen LogP contribution in [0, 0.1) is 35.5 Å². The van der Waals surface area contributed by atoms with Crippen LogP contribution in [-0.4, -0.2) is 145 Å². The first-order valence-electron chi connectivity index (χ1n) is 25.0. The zero-order valence-electron chi connectivity index (χ0n) is 42.4. The molecule has 1 unspecified atom stereocenters. The van der Waals surface area contributed by atoms with E-state index in [1.165, 1.54) is 12.0 Å². The van der Waals surface area contributed by atoms with Crippen LogP contribution in [0.1, 0.15) is 126 Å². The number of fused-ring (bicyclic) bond motifs is 3. The van der Waals surface area contributed by atoms with E-state index in [2.05, 4.69) is 0 Å². The predicted octanol–water partition coefficient (Wildman–Crippen LogP) is 6.20. The van der Waals surface area contributed by atoms with Crippen LogP contribution in [-0.2, 0) is 52.4 Å². The van der Waals surface area contributed by atoms with Gasteiger partial charge in [-0.05, 0) is 107 Å². The Balaban J connectivity index is 1.70. The lowest BCUT2D eigenvalue weighted by atomic mass is 9.78. The maximum Gasteiger partial charge on any atom is 0.329 e. The van der Waals surface area contributed by atoms with Gasteiger partial charge >= 0.3 is 5.97 Å². The topological polar surface area (TPSA) is 205 Å². The molecule has 15 heteroatoms. The average Bonchev–Trinajstić information content (AvgIpc) is 3.32. The Morgan fingerprint density at radius 2 is 1.59 bits per heavy atom. The molecule has 3 heterocycles. The Morgan fingerprint density at radius 3 is 2.26 bits per heavy atom. The summed E-state index contributed by atoms with van der Waals surface area (Å²) in [5.41, 5.74) is 1.26. The lowest BCUT2D eigenvalue weighted by Gasteiger charge is -2.42. The number of amides is 1. The van der Waals surface area contributed by atoms with Crippen LogP contribution in [0.4, 0.5) is 0 Å². The highest BCUT2D eigenvalue weighted by atomic mass is 16.6. The van der Waals surface area contributed by atoms with Crippen LogP contribution < -0.4 is 0 Å². The highest BCUT2D eigenvalue weighted by Gasteiger charge is 2.53. The summed E-state index contributed by atoms with van der Waals surface area (Å²) < 4.78 is 35.6. The van der Waals surface area contributed by atoms with Crippen molar-refractivity contribution in [3.05, 3.63) is 47.6 Å². The van der Waals surface area contributed by atoms with E-state index in [1.54, 1.807) is 41.1 Å². The maximum absolute atomic E-state index is 14.5. The van der Waals surface area contributed by atoms with Crippen molar-refractivity contribution in [3.63, 3.8) is 0 Å². The Labute approximate surface area is 405 Å². The molecule has 1 aliphatic carbocycles. The summed E-state index contributed by atoms with van der Waals surface area (Å²) in [6.45, 7) is 12.9.